The maximum absolute atomic E-state index is 11.8. The highest BCUT2D eigenvalue weighted by molar-refractivity contribution is 5.85. The van der Waals surface area contributed by atoms with Crippen molar-refractivity contribution in [3.8, 4) is 5.75 Å². The molecule has 0 aliphatic carbocycles. The fourth-order valence-corrected chi connectivity index (χ4v) is 2.15. The Kier molecular flexibility index (Phi) is 5.74. The van der Waals surface area contributed by atoms with Gasteiger partial charge in [-0.1, -0.05) is 35.9 Å². The second-order valence-electron chi connectivity index (χ2n) is 5.21. The van der Waals surface area contributed by atoms with E-state index < -0.39 is 0 Å². The molecule has 0 spiro atoms. The van der Waals surface area contributed by atoms with Crippen LogP contribution < -0.4 is 15.5 Å². The van der Waals surface area contributed by atoms with E-state index in [1.54, 1.807) is 13.3 Å². The van der Waals surface area contributed by atoms with Crippen LogP contribution in [-0.2, 0) is 4.79 Å². The normalized spacial score (nSPS) is 10.6. The van der Waals surface area contributed by atoms with Crippen molar-refractivity contribution in [3.05, 3.63) is 59.2 Å². The van der Waals surface area contributed by atoms with Crippen molar-refractivity contribution in [1.29, 1.82) is 0 Å². The van der Waals surface area contributed by atoms with Crippen LogP contribution in [0.3, 0.4) is 0 Å². The summed E-state index contributed by atoms with van der Waals surface area (Å²) in [6.45, 7) is 4.17. The molecule has 0 atom stereocenters. The molecule has 5 heteroatoms. The molecule has 2 aromatic rings. The maximum atomic E-state index is 11.8. The molecule has 2 N–H and O–H groups in total. The molecule has 0 saturated heterocycles. The number of carbonyl (C=O) groups excluding carboxylic acids is 1. The Morgan fingerprint density at radius 1 is 1.22 bits per heavy atom. The Labute approximate surface area is 136 Å². The van der Waals surface area contributed by atoms with Crippen LogP contribution in [0.2, 0.25) is 0 Å². The van der Waals surface area contributed by atoms with Gasteiger partial charge in [0, 0.05) is 0 Å². The minimum Gasteiger partial charge on any atom is -0.495 e. The lowest BCUT2D eigenvalue weighted by Gasteiger charge is -2.09. The third kappa shape index (κ3) is 4.85. The Balaban J connectivity index is 1.86. The number of benzene rings is 2. The smallest absolute Gasteiger partial charge is 0.259 e. The van der Waals surface area contributed by atoms with Crippen LogP contribution in [0.25, 0.3) is 0 Å². The van der Waals surface area contributed by atoms with Crippen molar-refractivity contribution >= 4 is 17.8 Å². The van der Waals surface area contributed by atoms with E-state index in [4.69, 9.17) is 4.74 Å². The van der Waals surface area contributed by atoms with E-state index in [-0.39, 0.29) is 12.5 Å². The van der Waals surface area contributed by atoms with Gasteiger partial charge in [-0.3, -0.25) is 4.79 Å². The van der Waals surface area contributed by atoms with Crippen molar-refractivity contribution in [1.82, 2.24) is 5.43 Å². The molecule has 0 fully saturated rings. The first-order chi connectivity index (χ1) is 11.1. The van der Waals surface area contributed by atoms with Crippen LogP contribution in [0.5, 0.6) is 5.75 Å². The molecule has 0 saturated carbocycles. The minimum absolute atomic E-state index is 0.116. The summed E-state index contributed by atoms with van der Waals surface area (Å²) in [7, 11) is 1.59. The van der Waals surface area contributed by atoms with Gasteiger partial charge < -0.3 is 10.1 Å². The molecule has 0 aliphatic rings. The number of hydrazone groups is 1. The molecule has 0 aromatic heterocycles. The van der Waals surface area contributed by atoms with Crippen molar-refractivity contribution in [3.63, 3.8) is 0 Å². The summed E-state index contributed by atoms with van der Waals surface area (Å²) in [5.41, 5.74) is 6.57. The maximum Gasteiger partial charge on any atom is 0.259 e. The molecule has 1 amide bonds. The number of nitrogens with zero attached hydrogens (tertiary/aromatic N) is 1. The van der Waals surface area contributed by atoms with Crippen molar-refractivity contribution in [2.75, 3.05) is 19.0 Å². The van der Waals surface area contributed by atoms with Gasteiger partial charge in [0.15, 0.2) is 0 Å². The summed E-state index contributed by atoms with van der Waals surface area (Å²) in [6, 6.07) is 13.5. The largest absolute Gasteiger partial charge is 0.495 e. The number of anilines is 1. The highest BCUT2D eigenvalue weighted by atomic mass is 16.5. The number of rotatable bonds is 6. The molecular formula is C18H21N3O2. The fraction of sp³-hybridized carbons (Fsp3) is 0.222. The number of para-hydroxylation sites is 2. The Bertz CT molecular complexity index is 711. The van der Waals surface area contributed by atoms with E-state index in [0.717, 1.165) is 16.8 Å². The number of aryl methyl sites for hydroxylation is 2. The standard InChI is InChI=1S/C18H21N3O2/c1-13-8-9-15(14(2)10-13)11-20-21-18(22)12-19-16-6-4-5-7-17(16)23-3/h4-11,19H,12H2,1-3H3,(H,21,22)/b20-11-. The summed E-state index contributed by atoms with van der Waals surface area (Å²) in [4.78, 5) is 11.8. The first-order valence-corrected chi connectivity index (χ1v) is 7.36. The van der Waals surface area contributed by atoms with E-state index in [2.05, 4.69) is 21.9 Å². The zero-order valence-electron chi connectivity index (χ0n) is 13.6. The second kappa shape index (κ2) is 7.98. The molecule has 0 unspecified atom stereocenters. The summed E-state index contributed by atoms with van der Waals surface area (Å²) in [6.07, 6.45) is 1.65. The first-order valence-electron chi connectivity index (χ1n) is 7.36. The average Bonchev–Trinajstić information content (AvgIpc) is 2.55. The number of ether oxygens (including phenoxy) is 1. The minimum atomic E-state index is -0.225. The van der Waals surface area contributed by atoms with E-state index in [1.165, 1.54) is 5.56 Å². The first kappa shape index (κ1) is 16.5. The molecule has 0 bridgehead atoms. The molecular weight excluding hydrogens is 290 g/mol. The van der Waals surface area contributed by atoms with Gasteiger partial charge in [0.2, 0.25) is 0 Å². The monoisotopic (exact) mass is 311 g/mol. The van der Waals surface area contributed by atoms with Crippen LogP contribution in [-0.4, -0.2) is 25.8 Å². The fourth-order valence-electron chi connectivity index (χ4n) is 2.15. The second-order valence-corrected chi connectivity index (χ2v) is 5.21. The van der Waals surface area contributed by atoms with Gasteiger partial charge in [-0.05, 0) is 37.1 Å². The summed E-state index contributed by atoms with van der Waals surface area (Å²) in [5, 5.41) is 7.01. The Morgan fingerprint density at radius 3 is 2.74 bits per heavy atom. The van der Waals surface area contributed by atoms with Crippen LogP contribution in [0.15, 0.2) is 47.6 Å². The van der Waals surface area contributed by atoms with E-state index in [1.807, 2.05) is 50.2 Å². The third-order valence-corrected chi connectivity index (χ3v) is 3.36. The number of hydrogen-bond acceptors (Lipinski definition) is 4. The highest BCUT2D eigenvalue weighted by Crippen LogP contribution is 2.22. The summed E-state index contributed by atoms with van der Waals surface area (Å²) >= 11 is 0. The average molecular weight is 311 g/mol. The number of amides is 1. The molecule has 0 aliphatic heterocycles. The van der Waals surface area contributed by atoms with Gasteiger partial charge in [-0.2, -0.15) is 5.10 Å². The van der Waals surface area contributed by atoms with Crippen LogP contribution >= 0.6 is 0 Å². The lowest BCUT2D eigenvalue weighted by molar-refractivity contribution is -0.119. The van der Waals surface area contributed by atoms with E-state index in [0.29, 0.717) is 5.75 Å². The van der Waals surface area contributed by atoms with Gasteiger partial charge >= 0.3 is 0 Å². The van der Waals surface area contributed by atoms with E-state index >= 15 is 0 Å². The number of methoxy groups -OCH3 is 1. The van der Waals surface area contributed by atoms with Gasteiger partial charge in [0.1, 0.15) is 5.75 Å². The number of carbonyl (C=O) groups is 1. The molecule has 2 rings (SSSR count). The molecule has 23 heavy (non-hydrogen) atoms. The lowest BCUT2D eigenvalue weighted by atomic mass is 10.1. The number of hydrogen-bond donors (Lipinski definition) is 2. The summed E-state index contributed by atoms with van der Waals surface area (Å²) < 4.78 is 5.22. The van der Waals surface area contributed by atoms with Gasteiger partial charge in [-0.25, -0.2) is 5.43 Å². The van der Waals surface area contributed by atoms with Crippen molar-refractivity contribution in [2.24, 2.45) is 5.10 Å². The van der Waals surface area contributed by atoms with Crippen LogP contribution in [0.4, 0.5) is 5.69 Å². The molecule has 0 radical (unpaired) electrons. The molecule has 0 heterocycles. The van der Waals surface area contributed by atoms with Crippen molar-refractivity contribution < 1.29 is 9.53 Å². The molecule has 2 aromatic carbocycles. The third-order valence-electron chi connectivity index (χ3n) is 3.36. The van der Waals surface area contributed by atoms with Crippen LogP contribution in [0, 0.1) is 13.8 Å². The predicted molar refractivity (Wildman–Crippen MR) is 93.1 cm³/mol. The topological polar surface area (TPSA) is 62.7 Å². The summed E-state index contributed by atoms with van der Waals surface area (Å²) in [5.74, 6) is 0.469. The zero-order valence-corrected chi connectivity index (χ0v) is 13.6. The Hall–Kier alpha value is -2.82. The van der Waals surface area contributed by atoms with Crippen LogP contribution in [0.1, 0.15) is 16.7 Å². The predicted octanol–water partition coefficient (Wildman–Crippen LogP) is 2.87. The van der Waals surface area contributed by atoms with Gasteiger partial charge in [0.05, 0.1) is 25.6 Å². The lowest BCUT2D eigenvalue weighted by Crippen LogP contribution is -2.26. The van der Waals surface area contributed by atoms with E-state index in [9.17, 15) is 4.79 Å². The van der Waals surface area contributed by atoms with Gasteiger partial charge in [-0.15, -0.1) is 0 Å². The molecule has 120 valence electrons. The Morgan fingerprint density at radius 2 is 2.00 bits per heavy atom. The molecule has 5 nitrogen and oxygen atoms in total. The highest BCUT2D eigenvalue weighted by Gasteiger charge is 2.04. The van der Waals surface area contributed by atoms with Gasteiger partial charge in [0.25, 0.3) is 5.91 Å². The SMILES string of the molecule is COc1ccccc1NCC(=O)N/N=C\c1ccc(C)cc1C. The quantitative estimate of drug-likeness (QED) is 0.637. The van der Waals surface area contributed by atoms with Crippen molar-refractivity contribution in [2.45, 2.75) is 13.8 Å². The zero-order chi connectivity index (χ0) is 16.7. The number of nitrogens with one attached hydrogen (secondary N) is 2.